The number of phosphoric acid groups is 2. The minimum atomic E-state index is -4.95. The van der Waals surface area contributed by atoms with Gasteiger partial charge in [0.2, 0.25) is 0 Å². The van der Waals surface area contributed by atoms with Gasteiger partial charge in [0.25, 0.3) is 0 Å². The van der Waals surface area contributed by atoms with Crippen molar-refractivity contribution in [3.05, 3.63) is 182 Å². The van der Waals surface area contributed by atoms with Crippen molar-refractivity contribution in [1.82, 2.24) is 0 Å². The lowest BCUT2D eigenvalue weighted by Gasteiger charge is -2.21. The number of esters is 3. The summed E-state index contributed by atoms with van der Waals surface area (Å²) in [5.41, 5.74) is 0. The summed E-state index contributed by atoms with van der Waals surface area (Å²) in [5.74, 6) is -1.61. The van der Waals surface area contributed by atoms with Gasteiger partial charge in [0.15, 0.2) is 6.10 Å². The number of phosphoric ester groups is 2. The first-order chi connectivity index (χ1) is 57.2. The Labute approximate surface area is 713 Å². The standard InChI is InChI=1S/C99H166O16P2/c1-4-7-10-13-16-19-22-25-28-31-34-37-40-42-44-45-46-47-49-51-53-55-58-61-64-67-70-73-76-79-82-85-97(102)109-88-94(100)89-111-116(105,106)112-90-95(101)91-113-117(107,108)114-93-96(115-99(104)87-84-81-78-75-72-69-66-63-60-57-52-39-36-33-30-27-24-21-18-15-12-9-6-3)92-110-98(103)86-83-80-77-74-71-68-65-62-59-56-54-50-48-43-41-38-35-32-29-26-23-20-17-14-11-8-5-2/h7,9-10,12,16-21,25-30,34-39,42-44,48,57,60,66,69,94-96,100-101H,4-6,8,11,13-15,22-24,31-33,40-41,45-47,49-56,58-59,61-65,67-68,70-93H2,1-3H3,(H,105,106)(H,107,108)/b10-7-,12-9-,19-16-,20-17-,21-18-,28-25-,29-26-,30-27-,37-34-,38-35-,39-36-,44-42-,48-43-,60-57-,69-66-. The number of aliphatic hydroxyl groups excluding tert-OH is 2. The molecule has 0 heterocycles. The van der Waals surface area contributed by atoms with Gasteiger partial charge in [-0.1, -0.05) is 370 Å². The van der Waals surface area contributed by atoms with Crippen LogP contribution in [0.4, 0.5) is 0 Å². The van der Waals surface area contributed by atoms with Crippen molar-refractivity contribution in [3.8, 4) is 0 Å². The van der Waals surface area contributed by atoms with Crippen molar-refractivity contribution in [2.75, 3.05) is 39.6 Å². The zero-order valence-electron chi connectivity index (χ0n) is 73.6. The molecule has 4 N–H and O–H groups in total. The molecule has 0 aromatic heterocycles. The highest BCUT2D eigenvalue weighted by atomic mass is 31.2. The molecule has 0 saturated carbocycles. The Kier molecular flexibility index (Phi) is 85.8. The summed E-state index contributed by atoms with van der Waals surface area (Å²) in [6.45, 7) is 2.42. The molecule has 16 nitrogen and oxygen atoms in total. The van der Waals surface area contributed by atoms with E-state index in [1.165, 1.54) is 141 Å². The number of allylic oxidation sites excluding steroid dienone is 30. The largest absolute Gasteiger partial charge is 0.472 e. The third-order valence-electron chi connectivity index (χ3n) is 19.1. The highest BCUT2D eigenvalue weighted by Crippen LogP contribution is 2.45. The molecule has 668 valence electrons. The fourth-order valence-corrected chi connectivity index (χ4v) is 13.8. The van der Waals surface area contributed by atoms with Gasteiger partial charge < -0.3 is 34.2 Å². The second-order valence-corrected chi connectivity index (χ2v) is 33.2. The summed E-state index contributed by atoms with van der Waals surface area (Å²) < 4.78 is 61.5. The van der Waals surface area contributed by atoms with Crippen molar-refractivity contribution < 1.29 is 75.8 Å². The van der Waals surface area contributed by atoms with Crippen molar-refractivity contribution in [2.24, 2.45) is 0 Å². The molecule has 0 aromatic carbocycles. The van der Waals surface area contributed by atoms with E-state index >= 15 is 0 Å². The zero-order valence-corrected chi connectivity index (χ0v) is 75.4. The molecular weight excluding hydrogens is 1510 g/mol. The van der Waals surface area contributed by atoms with Crippen LogP contribution >= 0.6 is 15.6 Å². The zero-order chi connectivity index (χ0) is 85.1. The van der Waals surface area contributed by atoms with Gasteiger partial charge in [-0.2, -0.15) is 0 Å². The number of ether oxygens (including phenoxy) is 3. The molecule has 0 amide bonds. The average molecular weight is 1670 g/mol. The third kappa shape index (κ3) is 91.2. The molecule has 0 aliphatic carbocycles. The first-order valence-corrected chi connectivity index (χ1v) is 49.1. The van der Waals surface area contributed by atoms with E-state index in [4.69, 9.17) is 32.3 Å². The summed E-state index contributed by atoms with van der Waals surface area (Å²) >= 11 is 0. The van der Waals surface area contributed by atoms with E-state index in [9.17, 15) is 43.5 Å². The van der Waals surface area contributed by atoms with Gasteiger partial charge in [-0.05, 0) is 161 Å². The summed E-state index contributed by atoms with van der Waals surface area (Å²) in [5, 5.41) is 20.7. The summed E-state index contributed by atoms with van der Waals surface area (Å²) in [6, 6.07) is 0. The minimum absolute atomic E-state index is 0.0685. The van der Waals surface area contributed by atoms with Crippen LogP contribution in [0.2, 0.25) is 0 Å². The number of hydrogen-bond donors (Lipinski definition) is 4. The SMILES string of the molecule is CC/C=C\C/C=C\C/C=C\C/C=C\C/C=C\C/C=C\CCCCCCC(=O)OC(COC(=O)CCCCCCCCCCCCC/C=C\C/C=C\C/C=C\C/C=C\CCCCC)COP(=O)(O)OCC(O)COP(=O)(O)OCC(O)COC(=O)CCCCCCCCCCCCCCCCC/C=C\C/C=C\C/C=C\C/C=C\C/C=C\CC. The Morgan fingerprint density at radius 1 is 0.248 bits per heavy atom. The van der Waals surface area contributed by atoms with Crippen LogP contribution in [-0.2, 0) is 55.8 Å². The average Bonchev–Trinajstić information content (AvgIpc) is 0.898. The molecule has 18 heteroatoms. The highest BCUT2D eigenvalue weighted by Gasteiger charge is 2.29. The number of aliphatic hydroxyl groups is 2. The van der Waals surface area contributed by atoms with Crippen LogP contribution in [0.1, 0.15) is 367 Å². The van der Waals surface area contributed by atoms with Crippen LogP contribution in [0.5, 0.6) is 0 Å². The van der Waals surface area contributed by atoms with Gasteiger partial charge in [-0.25, -0.2) is 9.13 Å². The van der Waals surface area contributed by atoms with Crippen molar-refractivity contribution in [1.29, 1.82) is 0 Å². The van der Waals surface area contributed by atoms with Crippen molar-refractivity contribution in [2.45, 2.75) is 386 Å². The van der Waals surface area contributed by atoms with Gasteiger partial charge in [-0.3, -0.25) is 32.5 Å². The fourth-order valence-electron chi connectivity index (χ4n) is 12.2. The number of hydrogen-bond acceptors (Lipinski definition) is 14. The van der Waals surface area contributed by atoms with Crippen molar-refractivity contribution in [3.63, 3.8) is 0 Å². The molecule has 0 radical (unpaired) electrons. The summed E-state index contributed by atoms with van der Waals surface area (Å²) in [6.07, 6.45) is 118. The first-order valence-electron chi connectivity index (χ1n) is 46.1. The Bertz CT molecular complexity index is 2860. The summed E-state index contributed by atoms with van der Waals surface area (Å²) in [7, 11) is -9.83. The van der Waals surface area contributed by atoms with E-state index in [0.29, 0.717) is 19.3 Å². The van der Waals surface area contributed by atoms with Gasteiger partial charge in [-0.15, -0.1) is 0 Å². The van der Waals surface area contributed by atoms with Crippen LogP contribution in [0.15, 0.2) is 182 Å². The molecule has 0 rings (SSSR count). The number of carbonyl (C=O) groups excluding carboxylic acids is 3. The molecule has 0 aliphatic rings. The smallest absolute Gasteiger partial charge is 0.463 e. The van der Waals surface area contributed by atoms with Crippen LogP contribution in [-0.4, -0.2) is 95.9 Å². The van der Waals surface area contributed by atoms with Gasteiger partial charge in [0.1, 0.15) is 25.4 Å². The molecule has 0 bridgehead atoms. The quantitative estimate of drug-likeness (QED) is 0.0146. The Morgan fingerprint density at radius 2 is 0.453 bits per heavy atom. The van der Waals surface area contributed by atoms with Crippen LogP contribution < -0.4 is 0 Å². The van der Waals surface area contributed by atoms with Crippen LogP contribution in [0, 0.1) is 0 Å². The Morgan fingerprint density at radius 3 is 0.718 bits per heavy atom. The summed E-state index contributed by atoms with van der Waals surface area (Å²) in [4.78, 5) is 59.0. The highest BCUT2D eigenvalue weighted by molar-refractivity contribution is 7.47. The number of unbranched alkanes of at least 4 members (excludes halogenated alkanes) is 33. The van der Waals surface area contributed by atoms with E-state index in [0.717, 1.165) is 167 Å². The minimum Gasteiger partial charge on any atom is -0.463 e. The maximum Gasteiger partial charge on any atom is 0.472 e. The van der Waals surface area contributed by atoms with Crippen molar-refractivity contribution >= 4 is 33.6 Å². The molecule has 5 unspecified atom stereocenters. The second kappa shape index (κ2) is 89.9. The van der Waals surface area contributed by atoms with E-state index < -0.39 is 91.5 Å². The Hall–Kier alpha value is -5.35. The maximum absolute atomic E-state index is 13.1. The first kappa shape index (κ1) is 112. The van der Waals surface area contributed by atoms with Gasteiger partial charge >= 0.3 is 33.6 Å². The van der Waals surface area contributed by atoms with Gasteiger partial charge in [0.05, 0.1) is 26.4 Å². The molecular formula is C99H166O16P2. The van der Waals surface area contributed by atoms with Crippen LogP contribution in [0.25, 0.3) is 0 Å². The molecule has 0 spiro atoms. The second-order valence-electron chi connectivity index (χ2n) is 30.3. The predicted octanol–water partition coefficient (Wildman–Crippen LogP) is 28.4. The van der Waals surface area contributed by atoms with E-state index in [-0.39, 0.29) is 19.3 Å². The lowest BCUT2D eigenvalue weighted by molar-refractivity contribution is -0.161. The van der Waals surface area contributed by atoms with E-state index in [1.54, 1.807) is 0 Å². The lowest BCUT2D eigenvalue weighted by atomic mass is 10.0. The molecule has 5 atom stereocenters. The van der Waals surface area contributed by atoms with Gasteiger partial charge in [0, 0.05) is 19.3 Å². The normalized spacial score (nSPS) is 14.6. The predicted molar refractivity (Wildman–Crippen MR) is 491 cm³/mol. The number of rotatable bonds is 86. The molecule has 0 aromatic rings. The topological polar surface area (TPSA) is 231 Å². The molecule has 0 saturated heterocycles. The maximum atomic E-state index is 13.1. The monoisotopic (exact) mass is 1670 g/mol. The molecule has 0 aliphatic heterocycles. The Balaban J connectivity index is 4.64. The van der Waals surface area contributed by atoms with Crippen LogP contribution in [0.3, 0.4) is 0 Å². The third-order valence-corrected chi connectivity index (χ3v) is 21.0. The lowest BCUT2D eigenvalue weighted by Crippen LogP contribution is -2.30. The van der Waals surface area contributed by atoms with E-state index in [2.05, 4.69) is 203 Å². The number of carbonyl (C=O) groups is 3. The van der Waals surface area contributed by atoms with E-state index in [1.807, 2.05) is 0 Å². The fraction of sp³-hybridized carbons (Fsp3) is 0.667. The molecule has 0 fully saturated rings. The molecule has 117 heavy (non-hydrogen) atoms.